The maximum atomic E-state index is 2.41. The minimum atomic E-state index is 1.33. The largest absolute Gasteiger partial charge is 0.144 e. The van der Waals surface area contributed by atoms with Crippen LogP contribution < -0.4 is 0 Å². The molecule has 0 saturated heterocycles. The van der Waals surface area contributed by atoms with E-state index >= 15 is 0 Å². The van der Waals surface area contributed by atoms with Crippen LogP contribution in [0.5, 0.6) is 0 Å². The molecule has 4 aromatic heterocycles. The van der Waals surface area contributed by atoms with E-state index in [0.29, 0.717) is 0 Å². The lowest BCUT2D eigenvalue weighted by atomic mass is 9.99. The molecule has 9 rings (SSSR count). The maximum absolute atomic E-state index is 2.41. The van der Waals surface area contributed by atoms with Gasteiger partial charge in [0, 0.05) is 49.7 Å². The Morgan fingerprint density at radius 2 is 0.706 bits per heavy atom. The van der Waals surface area contributed by atoms with Crippen molar-refractivity contribution >= 4 is 127 Å². The average Bonchev–Trinajstić information content (AvgIpc) is 3.61. The molecule has 0 aliphatic carbocycles. The molecular weight excluding hydrogens is 489 g/mol. The summed E-state index contributed by atoms with van der Waals surface area (Å²) in [4.78, 5) is 0. The first-order valence-corrected chi connectivity index (χ1v) is 14.6. The van der Waals surface area contributed by atoms with Gasteiger partial charge >= 0.3 is 0 Å². The third-order valence-electron chi connectivity index (χ3n) is 7.12. The van der Waals surface area contributed by atoms with Crippen LogP contribution in [0.25, 0.3) is 82.1 Å². The van der Waals surface area contributed by atoms with Crippen molar-refractivity contribution < 1.29 is 0 Å². The van der Waals surface area contributed by atoms with Crippen LogP contribution in [0, 0.1) is 0 Å². The molecule has 0 radical (unpaired) electrons. The second-order valence-electron chi connectivity index (χ2n) is 9.06. The van der Waals surface area contributed by atoms with E-state index in [-0.39, 0.29) is 0 Å². The second kappa shape index (κ2) is 6.35. The van der Waals surface area contributed by atoms with Gasteiger partial charge in [0.25, 0.3) is 0 Å². The molecule has 9 aromatic rings. The zero-order valence-corrected chi connectivity index (χ0v) is 21.0. The van der Waals surface area contributed by atoms with Gasteiger partial charge in [-0.05, 0) is 116 Å². The van der Waals surface area contributed by atoms with Crippen molar-refractivity contribution in [1.29, 1.82) is 0 Å². The van der Waals surface area contributed by atoms with Crippen molar-refractivity contribution in [3.8, 4) is 0 Å². The van der Waals surface area contributed by atoms with Crippen molar-refractivity contribution in [1.82, 2.24) is 0 Å². The summed E-state index contributed by atoms with van der Waals surface area (Å²) in [5, 5.41) is 17.9. The Bertz CT molecular complexity index is 2120. The number of rotatable bonds is 0. The maximum Gasteiger partial charge on any atom is 0.0369 e. The van der Waals surface area contributed by atoms with Gasteiger partial charge in [-0.2, -0.15) is 0 Å². The smallest absolute Gasteiger partial charge is 0.0369 e. The van der Waals surface area contributed by atoms with Crippen molar-refractivity contribution in [2.24, 2.45) is 0 Å². The summed E-state index contributed by atoms with van der Waals surface area (Å²) in [6.45, 7) is 0. The normalized spacial score (nSPS) is 12.7. The first kappa shape index (κ1) is 18.3. The van der Waals surface area contributed by atoms with Crippen molar-refractivity contribution in [2.75, 3.05) is 0 Å². The van der Waals surface area contributed by atoms with Crippen molar-refractivity contribution in [3.63, 3.8) is 0 Å². The quantitative estimate of drug-likeness (QED) is 0.181. The van der Waals surface area contributed by atoms with Crippen LogP contribution >= 0.6 is 45.3 Å². The topological polar surface area (TPSA) is 0 Å². The summed E-state index contributed by atoms with van der Waals surface area (Å²) in [7, 11) is 0. The molecule has 0 amide bonds. The van der Waals surface area contributed by atoms with Crippen LogP contribution in [0.1, 0.15) is 0 Å². The van der Waals surface area contributed by atoms with E-state index < -0.39 is 0 Å². The number of fused-ring (bicyclic) bond motifs is 10. The highest BCUT2D eigenvalue weighted by molar-refractivity contribution is 7.27. The van der Waals surface area contributed by atoms with Gasteiger partial charge < -0.3 is 0 Å². The molecule has 0 nitrogen and oxygen atoms in total. The lowest BCUT2D eigenvalue weighted by Crippen LogP contribution is -1.78. The molecule has 0 spiro atoms. The van der Waals surface area contributed by atoms with E-state index in [1.54, 1.807) is 0 Å². The highest BCUT2D eigenvalue weighted by Crippen LogP contribution is 2.42. The summed E-state index contributed by atoms with van der Waals surface area (Å²) in [6, 6.07) is 28.3. The number of hydrogen-bond donors (Lipinski definition) is 0. The van der Waals surface area contributed by atoms with Gasteiger partial charge in [0.1, 0.15) is 0 Å². The molecule has 4 heterocycles. The van der Waals surface area contributed by atoms with Gasteiger partial charge in [-0.15, -0.1) is 45.3 Å². The SMILES string of the molecule is c1cc2cc3c(cc2s1)sc1cc2cc4cc5c(cc4cc2cc13)sc1cc2sccc2cc15. The molecule has 0 unspecified atom stereocenters. The third kappa shape index (κ3) is 2.41. The lowest BCUT2D eigenvalue weighted by molar-refractivity contribution is 1.90. The summed E-state index contributed by atoms with van der Waals surface area (Å²) >= 11 is 7.49. The van der Waals surface area contributed by atoms with Gasteiger partial charge in [-0.25, -0.2) is 0 Å². The fraction of sp³-hybridized carbons (Fsp3) is 0. The standard InChI is InChI=1S/C30H14S4/c1-3-31-25-13-29-21(7-15(1)25)23-9-17-5-20-12-28-24(10-18(20)6-19(17)11-27(23)33-29)22-8-16-2-4-32-26(16)14-30(22)34-28/h1-14H. The van der Waals surface area contributed by atoms with Crippen molar-refractivity contribution in [3.05, 3.63) is 83.6 Å². The van der Waals surface area contributed by atoms with Crippen LogP contribution in [-0.2, 0) is 0 Å². The molecule has 0 atom stereocenters. The monoisotopic (exact) mass is 502 g/mol. The van der Waals surface area contributed by atoms with Crippen LogP contribution in [0.15, 0.2) is 83.6 Å². The van der Waals surface area contributed by atoms with E-state index in [1.165, 1.54) is 82.1 Å². The molecule has 0 bridgehead atoms. The van der Waals surface area contributed by atoms with Crippen LogP contribution in [0.4, 0.5) is 0 Å². The Kier molecular flexibility index (Phi) is 3.42. The summed E-state index contributed by atoms with van der Waals surface area (Å²) in [5.74, 6) is 0. The molecule has 0 N–H and O–H groups in total. The lowest BCUT2D eigenvalue weighted by Gasteiger charge is -2.04. The predicted molar refractivity (Wildman–Crippen MR) is 158 cm³/mol. The highest BCUT2D eigenvalue weighted by Gasteiger charge is 2.12. The molecule has 0 saturated carbocycles. The average molecular weight is 503 g/mol. The fourth-order valence-electron chi connectivity index (χ4n) is 5.46. The number of thiophene rings is 4. The Balaban J connectivity index is 1.35. The highest BCUT2D eigenvalue weighted by atomic mass is 32.1. The van der Waals surface area contributed by atoms with E-state index in [9.17, 15) is 0 Å². The van der Waals surface area contributed by atoms with Gasteiger partial charge in [0.2, 0.25) is 0 Å². The molecule has 0 aliphatic rings. The molecule has 5 aromatic carbocycles. The Hall–Kier alpha value is -3.02. The van der Waals surface area contributed by atoms with E-state index in [1.807, 2.05) is 45.3 Å². The number of hydrogen-bond acceptors (Lipinski definition) is 4. The third-order valence-corrected chi connectivity index (χ3v) is 11.1. The first-order valence-electron chi connectivity index (χ1n) is 11.2. The minimum absolute atomic E-state index is 1.33. The molecular formula is C30H14S4. The Morgan fingerprint density at radius 1 is 0.324 bits per heavy atom. The number of benzene rings is 5. The van der Waals surface area contributed by atoms with Crippen LogP contribution in [0.2, 0.25) is 0 Å². The molecule has 4 heteroatoms. The molecule has 0 aliphatic heterocycles. The van der Waals surface area contributed by atoms with Crippen LogP contribution in [-0.4, -0.2) is 0 Å². The first-order chi connectivity index (χ1) is 16.8. The molecule has 158 valence electrons. The van der Waals surface area contributed by atoms with Gasteiger partial charge in [0.05, 0.1) is 0 Å². The predicted octanol–water partition coefficient (Wildman–Crippen LogP) is 11.2. The Morgan fingerprint density at radius 3 is 1.18 bits per heavy atom. The van der Waals surface area contributed by atoms with E-state index in [4.69, 9.17) is 0 Å². The zero-order chi connectivity index (χ0) is 22.0. The molecule has 34 heavy (non-hydrogen) atoms. The Labute approximate surface area is 209 Å². The van der Waals surface area contributed by atoms with Crippen LogP contribution in [0.3, 0.4) is 0 Å². The summed E-state index contributed by atoms with van der Waals surface area (Å²) in [6.07, 6.45) is 0. The summed E-state index contributed by atoms with van der Waals surface area (Å²) < 4.78 is 8.28. The van der Waals surface area contributed by atoms with E-state index in [2.05, 4.69) is 83.6 Å². The fourth-order valence-corrected chi connectivity index (χ4v) is 9.54. The molecule has 0 fully saturated rings. The zero-order valence-electron chi connectivity index (χ0n) is 17.7. The van der Waals surface area contributed by atoms with Gasteiger partial charge in [-0.1, -0.05) is 0 Å². The second-order valence-corrected chi connectivity index (χ2v) is 13.1. The minimum Gasteiger partial charge on any atom is -0.144 e. The van der Waals surface area contributed by atoms with Crippen molar-refractivity contribution in [2.45, 2.75) is 0 Å². The van der Waals surface area contributed by atoms with E-state index in [0.717, 1.165) is 0 Å². The summed E-state index contributed by atoms with van der Waals surface area (Å²) in [5.41, 5.74) is 0. The van der Waals surface area contributed by atoms with Gasteiger partial charge in [-0.3, -0.25) is 0 Å². The van der Waals surface area contributed by atoms with Gasteiger partial charge in [0.15, 0.2) is 0 Å².